The number of nitro groups is 1. The number of likely N-dealkylation sites (tertiary alicyclic amines) is 1. The predicted molar refractivity (Wildman–Crippen MR) is 93.7 cm³/mol. The molecule has 7 heteroatoms. The maximum atomic E-state index is 12.5. The van der Waals surface area contributed by atoms with E-state index >= 15 is 0 Å². The van der Waals surface area contributed by atoms with Crippen molar-refractivity contribution < 1.29 is 14.5 Å². The Hall–Kier alpha value is -2.60. The Bertz CT molecular complexity index is 779. The molecule has 0 saturated carbocycles. The first-order valence-electron chi connectivity index (χ1n) is 7.97. The molecular formula is C18H17ClN2O4. The Labute approximate surface area is 150 Å². The van der Waals surface area contributed by atoms with Gasteiger partial charge in [0.05, 0.1) is 17.0 Å². The fourth-order valence-corrected chi connectivity index (χ4v) is 3.14. The van der Waals surface area contributed by atoms with Gasteiger partial charge in [-0.05, 0) is 36.6 Å². The van der Waals surface area contributed by atoms with Crippen LogP contribution in [0.2, 0.25) is 5.02 Å². The average molecular weight is 361 g/mol. The van der Waals surface area contributed by atoms with Crippen LogP contribution in [0.1, 0.15) is 24.4 Å². The number of nitro benzene ring substituents is 1. The van der Waals surface area contributed by atoms with Gasteiger partial charge in [0.2, 0.25) is 0 Å². The summed E-state index contributed by atoms with van der Waals surface area (Å²) in [6.07, 6.45) is 1.82. The van der Waals surface area contributed by atoms with Crippen molar-refractivity contribution in [3.63, 3.8) is 0 Å². The SMILES string of the molecule is O=C(COc1cccc([N+](=O)[O-])c1)N1CCC[C@H]1c1ccc(Cl)cc1. The summed E-state index contributed by atoms with van der Waals surface area (Å²) >= 11 is 5.92. The van der Waals surface area contributed by atoms with Gasteiger partial charge >= 0.3 is 0 Å². The number of hydrogen-bond donors (Lipinski definition) is 0. The monoisotopic (exact) mass is 360 g/mol. The number of non-ortho nitro benzene ring substituents is 1. The molecule has 2 aromatic rings. The van der Waals surface area contributed by atoms with E-state index in [1.54, 1.807) is 11.0 Å². The minimum absolute atomic E-state index is 0.0125. The highest BCUT2D eigenvalue weighted by Crippen LogP contribution is 2.32. The molecule has 0 bridgehead atoms. The Balaban J connectivity index is 1.65. The maximum Gasteiger partial charge on any atom is 0.273 e. The zero-order chi connectivity index (χ0) is 17.8. The third-order valence-electron chi connectivity index (χ3n) is 4.22. The predicted octanol–water partition coefficient (Wildman–Crippen LogP) is 3.99. The lowest BCUT2D eigenvalue weighted by atomic mass is 10.0. The van der Waals surface area contributed by atoms with Crippen LogP contribution in [0.15, 0.2) is 48.5 Å². The number of ether oxygens (including phenoxy) is 1. The summed E-state index contributed by atoms with van der Waals surface area (Å²) < 4.78 is 5.46. The number of benzene rings is 2. The molecule has 130 valence electrons. The Morgan fingerprint density at radius 1 is 1.28 bits per heavy atom. The summed E-state index contributed by atoms with van der Waals surface area (Å²) in [4.78, 5) is 24.6. The van der Waals surface area contributed by atoms with Gasteiger partial charge in [-0.1, -0.05) is 29.8 Å². The van der Waals surface area contributed by atoms with Crippen molar-refractivity contribution >= 4 is 23.2 Å². The molecule has 1 fully saturated rings. The van der Waals surface area contributed by atoms with Crippen LogP contribution in [0, 0.1) is 10.1 Å². The summed E-state index contributed by atoms with van der Waals surface area (Å²) in [5.74, 6) is 0.175. The lowest BCUT2D eigenvalue weighted by Gasteiger charge is -2.25. The van der Waals surface area contributed by atoms with Crippen molar-refractivity contribution in [2.45, 2.75) is 18.9 Å². The van der Waals surface area contributed by atoms with E-state index in [2.05, 4.69) is 0 Å². The number of halogens is 1. The molecule has 1 atom stereocenters. The van der Waals surface area contributed by atoms with E-state index in [-0.39, 0.29) is 24.2 Å². The van der Waals surface area contributed by atoms with Gasteiger partial charge in [0.25, 0.3) is 11.6 Å². The molecule has 0 aliphatic carbocycles. The van der Waals surface area contributed by atoms with Crippen molar-refractivity contribution in [3.8, 4) is 5.75 Å². The fraction of sp³-hybridized carbons (Fsp3) is 0.278. The molecule has 1 aliphatic rings. The Morgan fingerprint density at radius 2 is 2.04 bits per heavy atom. The zero-order valence-corrected chi connectivity index (χ0v) is 14.2. The summed E-state index contributed by atoms with van der Waals surface area (Å²) in [5, 5.41) is 11.5. The van der Waals surface area contributed by atoms with Gasteiger partial charge in [-0.15, -0.1) is 0 Å². The van der Waals surface area contributed by atoms with E-state index < -0.39 is 4.92 Å². The van der Waals surface area contributed by atoms with Crippen molar-refractivity contribution in [2.24, 2.45) is 0 Å². The number of hydrogen-bond acceptors (Lipinski definition) is 4. The van der Waals surface area contributed by atoms with Gasteiger partial charge in [-0.3, -0.25) is 14.9 Å². The van der Waals surface area contributed by atoms with E-state index in [4.69, 9.17) is 16.3 Å². The minimum Gasteiger partial charge on any atom is -0.484 e. The van der Waals surface area contributed by atoms with Gasteiger partial charge in [0.15, 0.2) is 6.61 Å². The number of carbonyl (C=O) groups excluding carboxylic acids is 1. The smallest absolute Gasteiger partial charge is 0.273 e. The van der Waals surface area contributed by atoms with Crippen LogP contribution in [0.25, 0.3) is 0 Å². The Morgan fingerprint density at radius 3 is 2.76 bits per heavy atom. The van der Waals surface area contributed by atoms with Crippen LogP contribution in [0.3, 0.4) is 0 Å². The van der Waals surface area contributed by atoms with Gasteiger partial charge in [-0.25, -0.2) is 0 Å². The van der Waals surface area contributed by atoms with Gasteiger partial charge < -0.3 is 9.64 Å². The Kier molecular flexibility index (Phi) is 5.19. The molecule has 0 N–H and O–H groups in total. The minimum atomic E-state index is -0.494. The van der Waals surface area contributed by atoms with Crippen molar-refractivity contribution in [3.05, 3.63) is 69.2 Å². The zero-order valence-electron chi connectivity index (χ0n) is 13.4. The van der Waals surface area contributed by atoms with Crippen LogP contribution in [0.5, 0.6) is 5.75 Å². The highest BCUT2D eigenvalue weighted by molar-refractivity contribution is 6.30. The van der Waals surface area contributed by atoms with E-state index in [0.717, 1.165) is 18.4 Å². The largest absolute Gasteiger partial charge is 0.484 e. The van der Waals surface area contributed by atoms with E-state index in [0.29, 0.717) is 17.3 Å². The second-order valence-electron chi connectivity index (χ2n) is 5.84. The first-order valence-corrected chi connectivity index (χ1v) is 8.34. The summed E-state index contributed by atoms with van der Waals surface area (Å²) in [6, 6.07) is 13.3. The van der Waals surface area contributed by atoms with Gasteiger partial charge in [-0.2, -0.15) is 0 Å². The molecule has 0 spiro atoms. The average Bonchev–Trinajstić information content (AvgIpc) is 3.10. The molecule has 1 saturated heterocycles. The van der Waals surface area contributed by atoms with Crippen LogP contribution in [0.4, 0.5) is 5.69 Å². The molecule has 0 aromatic heterocycles. The normalized spacial score (nSPS) is 16.7. The van der Waals surface area contributed by atoms with E-state index in [9.17, 15) is 14.9 Å². The topological polar surface area (TPSA) is 72.7 Å². The van der Waals surface area contributed by atoms with E-state index in [1.165, 1.54) is 18.2 Å². The lowest BCUT2D eigenvalue weighted by molar-refractivity contribution is -0.384. The van der Waals surface area contributed by atoms with Gasteiger partial charge in [0, 0.05) is 17.6 Å². The molecule has 6 nitrogen and oxygen atoms in total. The third-order valence-corrected chi connectivity index (χ3v) is 4.47. The van der Waals surface area contributed by atoms with Gasteiger partial charge in [0.1, 0.15) is 5.75 Å². The van der Waals surface area contributed by atoms with Crippen LogP contribution in [-0.2, 0) is 4.79 Å². The summed E-state index contributed by atoms with van der Waals surface area (Å²) in [6.45, 7) is 0.523. The molecule has 3 rings (SSSR count). The lowest BCUT2D eigenvalue weighted by Crippen LogP contribution is -2.34. The molecule has 1 amide bonds. The number of rotatable bonds is 5. The number of carbonyl (C=O) groups is 1. The molecule has 2 aromatic carbocycles. The van der Waals surface area contributed by atoms with Crippen molar-refractivity contribution in [2.75, 3.05) is 13.2 Å². The second kappa shape index (κ2) is 7.53. The summed E-state index contributed by atoms with van der Waals surface area (Å²) in [5.41, 5.74) is 0.982. The number of nitrogens with zero attached hydrogens (tertiary/aromatic N) is 2. The first kappa shape index (κ1) is 17.2. The highest BCUT2D eigenvalue weighted by Gasteiger charge is 2.30. The third kappa shape index (κ3) is 4.09. The van der Waals surface area contributed by atoms with Crippen LogP contribution < -0.4 is 4.74 Å². The molecule has 0 radical (unpaired) electrons. The van der Waals surface area contributed by atoms with Crippen molar-refractivity contribution in [1.82, 2.24) is 4.90 Å². The first-order chi connectivity index (χ1) is 12.0. The standard InChI is InChI=1S/C18H17ClN2O4/c19-14-8-6-13(7-9-14)17-5-2-10-20(17)18(22)12-25-16-4-1-3-15(11-16)21(23)24/h1,3-4,6-9,11,17H,2,5,10,12H2/t17-/m0/s1. The molecule has 1 heterocycles. The molecule has 25 heavy (non-hydrogen) atoms. The molecule has 0 unspecified atom stereocenters. The molecule has 1 aliphatic heterocycles. The fourth-order valence-electron chi connectivity index (χ4n) is 3.01. The summed E-state index contributed by atoms with van der Waals surface area (Å²) in [7, 11) is 0. The highest BCUT2D eigenvalue weighted by atomic mass is 35.5. The quantitative estimate of drug-likeness (QED) is 0.597. The van der Waals surface area contributed by atoms with Crippen LogP contribution >= 0.6 is 11.6 Å². The number of amides is 1. The second-order valence-corrected chi connectivity index (χ2v) is 6.28. The van der Waals surface area contributed by atoms with Crippen molar-refractivity contribution in [1.29, 1.82) is 0 Å². The van der Waals surface area contributed by atoms with Crippen LogP contribution in [-0.4, -0.2) is 28.9 Å². The maximum absolute atomic E-state index is 12.5. The van der Waals surface area contributed by atoms with E-state index in [1.807, 2.05) is 24.3 Å². The molecular weight excluding hydrogens is 344 g/mol.